The number of nitrogens with zero attached hydrogens (tertiary/aromatic N) is 5. The Labute approximate surface area is 144 Å². The van der Waals surface area contributed by atoms with Crippen LogP contribution in [0.4, 0.5) is 11.4 Å². The van der Waals surface area contributed by atoms with Crippen molar-refractivity contribution in [2.24, 2.45) is 0 Å². The number of benzene rings is 2. The van der Waals surface area contributed by atoms with Crippen LogP contribution < -0.4 is 4.90 Å². The largest absolute Gasteiger partial charge is 0.357 e. The predicted octanol–water partition coefficient (Wildman–Crippen LogP) is 3.18. The second-order valence-electron chi connectivity index (χ2n) is 6.13. The molecule has 126 valence electrons. The minimum Gasteiger partial charge on any atom is -0.357 e. The molecule has 0 atom stereocenters. The summed E-state index contributed by atoms with van der Waals surface area (Å²) in [4.78, 5) is 13.1. The van der Waals surface area contributed by atoms with Crippen molar-refractivity contribution < 1.29 is 4.92 Å². The zero-order valence-electron chi connectivity index (χ0n) is 13.8. The fourth-order valence-corrected chi connectivity index (χ4v) is 3.21. The van der Waals surface area contributed by atoms with Crippen LogP contribution in [-0.2, 0) is 13.1 Å². The maximum absolute atomic E-state index is 11.4. The summed E-state index contributed by atoms with van der Waals surface area (Å²) in [6.07, 6.45) is 0. The van der Waals surface area contributed by atoms with Crippen molar-refractivity contribution in [3.8, 4) is 11.4 Å². The highest BCUT2D eigenvalue weighted by atomic mass is 16.6. The molecule has 0 radical (unpaired) electrons. The van der Waals surface area contributed by atoms with Gasteiger partial charge in [0.2, 0.25) is 0 Å². The van der Waals surface area contributed by atoms with Gasteiger partial charge in [0, 0.05) is 24.7 Å². The van der Waals surface area contributed by atoms with Crippen LogP contribution in [0.2, 0.25) is 0 Å². The molecule has 0 spiro atoms. The molecule has 0 saturated heterocycles. The van der Waals surface area contributed by atoms with Gasteiger partial charge in [0.05, 0.1) is 11.5 Å². The monoisotopic (exact) mass is 335 g/mol. The van der Waals surface area contributed by atoms with Gasteiger partial charge in [-0.1, -0.05) is 36.4 Å². The van der Waals surface area contributed by atoms with E-state index in [-0.39, 0.29) is 10.6 Å². The molecule has 3 aromatic rings. The fraction of sp³-hybridized carbons (Fsp3) is 0.222. The number of rotatable bonds is 3. The van der Waals surface area contributed by atoms with Gasteiger partial charge < -0.3 is 9.47 Å². The first kappa shape index (κ1) is 15.3. The lowest BCUT2D eigenvalue weighted by molar-refractivity contribution is -0.384. The average molecular weight is 335 g/mol. The molecular formula is C18H17N5O2. The number of aryl methyl sites for hydroxylation is 1. The standard InChI is InChI=1S/C18H17N5O2/c1-13-7-8-15(16(11-13)23(24)25)21-9-10-22-17(12-21)19-20-18(22)14-5-3-2-4-6-14/h2-8,11H,9-10,12H2,1H3. The third-order valence-electron chi connectivity index (χ3n) is 4.45. The van der Waals surface area contributed by atoms with Crippen molar-refractivity contribution in [3.05, 3.63) is 70.0 Å². The van der Waals surface area contributed by atoms with Gasteiger partial charge in [-0.15, -0.1) is 10.2 Å². The first-order valence-electron chi connectivity index (χ1n) is 8.11. The third kappa shape index (κ3) is 2.73. The number of hydrogen-bond donors (Lipinski definition) is 0. The van der Waals surface area contributed by atoms with E-state index in [1.807, 2.05) is 54.3 Å². The van der Waals surface area contributed by atoms with Crippen molar-refractivity contribution in [2.75, 3.05) is 11.4 Å². The minimum absolute atomic E-state index is 0.135. The van der Waals surface area contributed by atoms with Crippen molar-refractivity contribution >= 4 is 11.4 Å². The quantitative estimate of drug-likeness (QED) is 0.543. The lowest BCUT2D eigenvalue weighted by Crippen LogP contribution is -2.34. The van der Waals surface area contributed by atoms with E-state index in [0.29, 0.717) is 25.3 Å². The van der Waals surface area contributed by atoms with E-state index < -0.39 is 0 Å². The second kappa shape index (κ2) is 6.01. The number of aromatic nitrogens is 3. The van der Waals surface area contributed by atoms with Crippen LogP contribution in [0.3, 0.4) is 0 Å². The van der Waals surface area contributed by atoms with E-state index in [0.717, 1.165) is 22.8 Å². The SMILES string of the molecule is Cc1ccc(N2CCn3c(nnc3-c3ccccc3)C2)c([N+](=O)[O-])c1. The smallest absolute Gasteiger partial charge is 0.292 e. The lowest BCUT2D eigenvalue weighted by atomic mass is 10.1. The Morgan fingerprint density at radius 1 is 1.08 bits per heavy atom. The molecule has 4 rings (SSSR count). The maximum atomic E-state index is 11.4. The van der Waals surface area contributed by atoms with Crippen molar-refractivity contribution in [1.29, 1.82) is 0 Å². The molecule has 0 N–H and O–H groups in total. The van der Waals surface area contributed by atoms with E-state index in [9.17, 15) is 10.1 Å². The van der Waals surface area contributed by atoms with Crippen LogP contribution in [0.15, 0.2) is 48.5 Å². The van der Waals surface area contributed by atoms with Gasteiger partial charge in [-0.2, -0.15) is 0 Å². The summed E-state index contributed by atoms with van der Waals surface area (Å²) in [6.45, 7) is 3.73. The van der Waals surface area contributed by atoms with E-state index in [4.69, 9.17) is 0 Å². The molecule has 2 aromatic carbocycles. The van der Waals surface area contributed by atoms with Gasteiger partial charge in [-0.3, -0.25) is 10.1 Å². The van der Waals surface area contributed by atoms with Gasteiger partial charge in [-0.25, -0.2) is 0 Å². The molecule has 0 aliphatic carbocycles. The Kier molecular flexibility index (Phi) is 3.68. The van der Waals surface area contributed by atoms with E-state index in [2.05, 4.69) is 14.8 Å². The average Bonchev–Trinajstić information content (AvgIpc) is 3.05. The van der Waals surface area contributed by atoms with E-state index in [1.54, 1.807) is 6.07 Å². The lowest BCUT2D eigenvalue weighted by Gasteiger charge is -2.29. The third-order valence-corrected chi connectivity index (χ3v) is 4.45. The molecule has 2 heterocycles. The number of anilines is 1. The molecule has 25 heavy (non-hydrogen) atoms. The summed E-state index contributed by atoms with van der Waals surface area (Å²) in [5, 5.41) is 20.0. The van der Waals surface area contributed by atoms with Crippen LogP contribution >= 0.6 is 0 Å². The second-order valence-corrected chi connectivity index (χ2v) is 6.13. The van der Waals surface area contributed by atoms with Crippen molar-refractivity contribution in [1.82, 2.24) is 14.8 Å². The normalized spacial score (nSPS) is 13.6. The summed E-state index contributed by atoms with van der Waals surface area (Å²) >= 11 is 0. The summed E-state index contributed by atoms with van der Waals surface area (Å²) in [5.41, 5.74) is 2.67. The zero-order valence-corrected chi connectivity index (χ0v) is 13.8. The maximum Gasteiger partial charge on any atom is 0.292 e. The Morgan fingerprint density at radius 3 is 2.64 bits per heavy atom. The van der Waals surface area contributed by atoms with Crippen LogP contribution in [0.1, 0.15) is 11.4 Å². The predicted molar refractivity (Wildman–Crippen MR) is 94.3 cm³/mol. The summed E-state index contributed by atoms with van der Waals surface area (Å²) < 4.78 is 2.09. The minimum atomic E-state index is -0.322. The molecule has 1 aliphatic heterocycles. The first-order valence-corrected chi connectivity index (χ1v) is 8.11. The number of nitro groups is 1. The Hall–Kier alpha value is -3.22. The van der Waals surface area contributed by atoms with Crippen molar-refractivity contribution in [3.63, 3.8) is 0 Å². The molecule has 1 aliphatic rings. The molecular weight excluding hydrogens is 318 g/mol. The van der Waals surface area contributed by atoms with Gasteiger partial charge in [0.25, 0.3) is 5.69 Å². The number of nitro benzene ring substituents is 1. The Morgan fingerprint density at radius 2 is 1.88 bits per heavy atom. The highest BCUT2D eigenvalue weighted by Gasteiger charge is 2.26. The zero-order chi connectivity index (χ0) is 17.4. The molecule has 0 amide bonds. The Balaban J connectivity index is 1.67. The highest BCUT2D eigenvalue weighted by Crippen LogP contribution is 2.32. The van der Waals surface area contributed by atoms with Crippen LogP contribution in [-0.4, -0.2) is 26.2 Å². The van der Waals surface area contributed by atoms with Crippen LogP contribution in [0, 0.1) is 17.0 Å². The molecule has 7 nitrogen and oxygen atoms in total. The molecule has 0 bridgehead atoms. The van der Waals surface area contributed by atoms with Crippen LogP contribution in [0.5, 0.6) is 0 Å². The van der Waals surface area contributed by atoms with Gasteiger partial charge in [-0.05, 0) is 18.6 Å². The summed E-state index contributed by atoms with van der Waals surface area (Å²) in [7, 11) is 0. The van der Waals surface area contributed by atoms with Gasteiger partial charge in [0.1, 0.15) is 5.69 Å². The van der Waals surface area contributed by atoms with E-state index >= 15 is 0 Å². The number of fused-ring (bicyclic) bond motifs is 1. The summed E-state index contributed by atoms with van der Waals surface area (Å²) in [6, 6.07) is 15.3. The molecule has 1 aromatic heterocycles. The van der Waals surface area contributed by atoms with E-state index in [1.165, 1.54) is 0 Å². The van der Waals surface area contributed by atoms with Crippen molar-refractivity contribution in [2.45, 2.75) is 20.0 Å². The first-order chi connectivity index (χ1) is 12.1. The summed E-state index contributed by atoms with van der Waals surface area (Å²) in [5.74, 6) is 1.66. The molecule has 7 heteroatoms. The fourth-order valence-electron chi connectivity index (χ4n) is 3.21. The molecule has 0 fully saturated rings. The Bertz CT molecular complexity index is 936. The number of hydrogen-bond acceptors (Lipinski definition) is 5. The van der Waals surface area contributed by atoms with Crippen LogP contribution in [0.25, 0.3) is 11.4 Å². The van der Waals surface area contributed by atoms with Gasteiger partial charge >= 0.3 is 0 Å². The molecule has 0 unspecified atom stereocenters. The topological polar surface area (TPSA) is 77.1 Å². The highest BCUT2D eigenvalue weighted by molar-refractivity contribution is 5.65. The molecule has 0 saturated carbocycles. The van der Waals surface area contributed by atoms with Gasteiger partial charge in [0.15, 0.2) is 11.6 Å².